The van der Waals surface area contributed by atoms with Crippen molar-refractivity contribution in [2.75, 3.05) is 17.2 Å². The molecule has 2 aromatic carbocycles. The lowest BCUT2D eigenvalue weighted by molar-refractivity contribution is -0.114. The fourth-order valence-electron chi connectivity index (χ4n) is 2.30. The highest BCUT2D eigenvalue weighted by Crippen LogP contribution is 2.19. The zero-order chi connectivity index (χ0) is 16.1. The first-order chi connectivity index (χ1) is 10.5. The molecule has 22 heavy (non-hydrogen) atoms. The molecule has 0 aliphatic rings. The molecule has 0 saturated carbocycles. The average molecular weight is 296 g/mol. The minimum Gasteiger partial charge on any atom is -0.376 e. The lowest BCUT2D eigenvalue weighted by Gasteiger charge is -2.12. The van der Waals surface area contributed by atoms with Crippen molar-refractivity contribution in [1.29, 1.82) is 0 Å². The molecule has 0 aromatic heterocycles. The van der Waals surface area contributed by atoms with Crippen LogP contribution in [0.25, 0.3) is 0 Å². The molecule has 3 heteroatoms. The number of hydrogen-bond acceptors (Lipinski definition) is 2. The SMILES string of the molecule is Cc1cccc(NCC(=O)Nc2cccc(C(C)C)c2)c1C. The minimum absolute atomic E-state index is 0.0400. The van der Waals surface area contributed by atoms with E-state index in [1.54, 1.807) is 0 Å². The van der Waals surface area contributed by atoms with Crippen LogP contribution < -0.4 is 10.6 Å². The maximum atomic E-state index is 12.1. The van der Waals surface area contributed by atoms with Crippen LogP contribution in [0.4, 0.5) is 11.4 Å². The van der Waals surface area contributed by atoms with Crippen molar-refractivity contribution in [3.63, 3.8) is 0 Å². The van der Waals surface area contributed by atoms with E-state index in [0.29, 0.717) is 5.92 Å². The summed E-state index contributed by atoms with van der Waals surface area (Å²) in [4.78, 5) is 12.1. The summed E-state index contributed by atoms with van der Waals surface area (Å²) in [5.74, 6) is 0.409. The molecular weight excluding hydrogens is 272 g/mol. The molecular formula is C19H24N2O. The van der Waals surface area contributed by atoms with E-state index in [1.807, 2.05) is 30.3 Å². The van der Waals surface area contributed by atoms with Crippen molar-refractivity contribution >= 4 is 17.3 Å². The third-order valence-electron chi connectivity index (χ3n) is 3.88. The topological polar surface area (TPSA) is 41.1 Å². The number of carbonyl (C=O) groups is 1. The Labute approximate surface area is 132 Å². The number of aryl methyl sites for hydroxylation is 1. The summed E-state index contributed by atoms with van der Waals surface area (Å²) in [7, 11) is 0. The Hall–Kier alpha value is -2.29. The van der Waals surface area contributed by atoms with E-state index in [-0.39, 0.29) is 12.5 Å². The number of hydrogen-bond donors (Lipinski definition) is 2. The van der Waals surface area contributed by atoms with Crippen molar-refractivity contribution in [2.24, 2.45) is 0 Å². The van der Waals surface area contributed by atoms with Crippen LogP contribution >= 0.6 is 0 Å². The first-order valence-electron chi connectivity index (χ1n) is 7.67. The van der Waals surface area contributed by atoms with Gasteiger partial charge in [-0.2, -0.15) is 0 Å². The van der Waals surface area contributed by atoms with Crippen molar-refractivity contribution < 1.29 is 4.79 Å². The first-order valence-corrected chi connectivity index (χ1v) is 7.67. The normalized spacial score (nSPS) is 10.6. The Balaban J connectivity index is 1.96. The molecule has 0 saturated heterocycles. The fourth-order valence-corrected chi connectivity index (χ4v) is 2.30. The average Bonchev–Trinajstić information content (AvgIpc) is 2.49. The molecule has 0 atom stereocenters. The summed E-state index contributed by atoms with van der Waals surface area (Å²) in [6.45, 7) is 8.67. The van der Waals surface area contributed by atoms with Gasteiger partial charge in [0.05, 0.1) is 6.54 Å². The Kier molecular flexibility index (Phi) is 5.21. The number of carbonyl (C=O) groups excluding carboxylic acids is 1. The molecule has 116 valence electrons. The second kappa shape index (κ2) is 7.12. The van der Waals surface area contributed by atoms with Gasteiger partial charge in [0.1, 0.15) is 0 Å². The highest BCUT2D eigenvalue weighted by molar-refractivity contribution is 5.93. The summed E-state index contributed by atoms with van der Waals surface area (Å²) in [5, 5.41) is 6.14. The van der Waals surface area contributed by atoms with E-state index in [9.17, 15) is 4.79 Å². The second-order valence-electron chi connectivity index (χ2n) is 5.93. The first kappa shape index (κ1) is 16.1. The van der Waals surface area contributed by atoms with Crippen LogP contribution in [0, 0.1) is 13.8 Å². The fraction of sp³-hybridized carbons (Fsp3) is 0.316. The highest BCUT2D eigenvalue weighted by atomic mass is 16.1. The third kappa shape index (κ3) is 4.10. The Bertz CT molecular complexity index is 662. The quantitative estimate of drug-likeness (QED) is 0.854. The van der Waals surface area contributed by atoms with E-state index in [4.69, 9.17) is 0 Å². The van der Waals surface area contributed by atoms with Crippen LogP contribution in [0.2, 0.25) is 0 Å². The van der Waals surface area contributed by atoms with Gasteiger partial charge < -0.3 is 10.6 Å². The lowest BCUT2D eigenvalue weighted by atomic mass is 10.0. The molecule has 1 amide bonds. The maximum Gasteiger partial charge on any atom is 0.243 e. The van der Waals surface area contributed by atoms with Gasteiger partial charge >= 0.3 is 0 Å². The zero-order valence-corrected chi connectivity index (χ0v) is 13.7. The summed E-state index contributed by atoms with van der Waals surface area (Å²) >= 11 is 0. The molecule has 0 heterocycles. The molecule has 0 radical (unpaired) electrons. The smallest absolute Gasteiger partial charge is 0.243 e. The van der Waals surface area contributed by atoms with Gasteiger partial charge in [-0.1, -0.05) is 38.1 Å². The van der Waals surface area contributed by atoms with Gasteiger partial charge in [0.2, 0.25) is 5.91 Å². The predicted molar refractivity (Wildman–Crippen MR) is 93.6 cm³/mol. The second-order valence-corrected chi connectivity index (χ2v) is 5.93. The Morgan fingerprint density at radius 2 is 1.82 bits per heavy atom. The number of amides is 1. The minimum atomic E-state index is -0.0400. The number of benzene rings is 2. The van der Waals surface area contributed by atoms with Gasteiger partial charge in [-0.05, 0) is 54.7 Å². The van der Waals surface area contributed by atoms with Gasteiger partial charge in [-0.25, -0.2) is 0 Å². The van der Waals surface area contributed by atoms with Gasteiger partial charge in [0, 0.05) is 11.4 Å². The van der Waals surface area contributed by atoms with Gasteiger partial charge in [0.15, 0.2) is 0 Å². The van der Waals surface area contributed by atoms with Crippen LogP contribution in [0.15, 0.2) is 42.5 Å². The summed E-state index contributed by atoms with van der Waals surface area (Å²) in [6, 6.07) is 14.1. The van der Waals surface area contributed by atoms with Crippen molar-refractivity contribution in [3.05, 3.63) is 59.2 Å². The zero-order valence-electron chi connectivity index (χ0n) is 13.7. The number of anilines is 2. The molecule has 3 nitrogen and oxygen atoms in total. The van der Waals surface area contributed by atoms with Crippen LogP contribution in [-0.2, 0) is 4.79 Å². The molecule has 0 fully saturated rings. The number of nitrogens with one attached hydrogen (secondary N) is 2. The summed E-state index contributed by atoms with van der Waals surface area (Å²) < 4.78 is 0. The van der Waals surface area contributed by atoms with Crippen molar-refractivity contribution in [3.8, 4) is 0 Å². The van der Waals surface area contributed by atoms with E-state index in [2.05, 4.69) is 50.5 Å². The van der Waals surface area contributed by atoms with Gasteiger partial charge in [0.25, 0.3) is 0 Å². The van der Waals surface area contributed by atoms with Crippen LogP contribution in [0.1, 0.15) is 36.5 Å². The Morgan fingerprint density at radius 3 is 2.55 bits per heavy atom. The van der Waals surface area contributed by atoms with Gasteiger partial charge in [-0.3, -0.25) is 4.79 Å². The highest BCUT2D eigenvalue weighted by Gasteiger charge is 2.06. The predicted octanol–water partition coefficient (Wildman–Crippen LogP) is 4.48. The largest absolute Gasteiger partial charge is 0.376 e. The molecule has 0 unspecified atom stereocenters. The van der Waals surface area contributed by atoms with Gasteiger partial charge in [-0.15, -0.1) is 0 Å². The van der Waals surface area contributed by atoms with Crippen molar-refractivity contribution in [1.82, 2.24) is 0 Å². The van der Waals surface area contributed by atoms with Crippen molar-refractivity contribution in [2.45, 2.75) is 33.6 Å². The van der Waals surface area contributed by atoms with E-state index < -0.39 is 0 Å². The summed E-state index contributed by atoms with van der Waals surface area (Å²) in [6.07, 6.45) is 0. The molecule has 0 aliphatic heterocycles. The number of rotatable bonds is 5. The lowest BCUT2D eigenvalue weighted by Crippen LogP contribution is -2.22. The summed E-state index contributed by atoms with van der Waals surface area (Å²) in [5.41, 5.74) is 5.47. The molecule has 2 rings (SSSR count). The van der Waals surface area contributed by atoms with E-state index >= 15 is 0 Å². The Morgan fingerprint density at radius 1 is 1.09 bits per heavy atom. The molecule has 0 spiro atoms. The molecule has 0 bridgehead atoms. The molecule has 2 aromatic rings. The van der Waals surface area contributed by atoms with E-state index in [1.165, 1.54) is 16.7 Å². The van der Waals surface area contributed by atoms with Crippen LogP contribution in [0.3, 0.4) is 0 Å². The molecule has 2 N–H and O–H groups in total. The van der Waals surface area contributed by atoms with Crippen LogP contribution in [-0.4, -0.2) is 12.5 Å². The van der Waals surface area contributed by atoms with Crippen LogP contribution in [0.5, 0.6) is 0 Å². The molecule has 0 aliphatic carbocycles. The third-order valence-corrected chi connectivity index (χ3v) is 3.88. The van der Waals surface area contributed by atoms with E-state index in [0.717, 1.165) is 11.4 Å². The maximum absolute atomic E-state index is 12.1. The monoisotopic (exact) mass is 296 g/mol. The standard InChI is InChI=1S/C19H24N2O/c1-13(2)16-8-6-9-17(11-16)21-19(22)12-20-18-10-5-7-14(3)15(18)4/h5-11,13,20H,12H2,1-4H3,(H,21,22).